The number of hydrogen-bond donors (Lipinski definition) is 0. The summed E-state index contributed by atoms with van der Waals surface area (Å²) in [4.78, 5) is 5.84. The minimum Gasteiger partial charge on any atom is -0.213 e. The lowest BCUT2D eigenvalue weighted by atomic mass is 10.0. The summed E-state index contributed by atoms with van der Waals surface area (Å²) >= 11 is 5.31. The summed E-state index contributed by atoms with van der Waals surface area (Å²) in [5, 5.41) is 0. The number of thioether (sulfide) groups is 2. The first-order valence-electron chi connectivity index (χ1n) is 5.48. The number of nitrogens with zero attached hydrogens (tertiary/aromatic N) is 2. The predicted octanol–water partition coefficient (Wildman–Crippen LogP) is 3.83. The Labute approximate surface area is 113 Å². The molecular weight excluding hydrogens is 268 g/mol. The predicted molar refractivity (Wildman–Crippen MR) is 75.3 cm³/mol. The number of hydrogen-bond acceptors (Lipinski definition) is 5. The van der Waals surface area contributed by atoms with Crippen molar-refractivity contribution in [1.82, 2.24) is 9.36 Å². The average molecular weight is 280 g/mol. The lowest BCUT2D eigenvalue weighted by Crippen LogP contribution is -1.99. The lowest BCUT2D eigenvalue weighted by molar-refractivity contribution is 0.895. The van der Waals surface area contributed by atoms with E-state index in [0.29, 0.717) is 5.92 Å². The van der Waals surface area contributed by atoms with Crippen LogP contribution in [0, 0.1) is 6.92 Å². The highest BCUT2D eigenvalue weighted by atomic mass is 32.2. The molecular formula is C12H12N2S3. The van der Waals surface area contributed by atoms with E-state index in [1.54, 1.807) is 0 Å². The first kappa shape index (κ1) is 11.6. The third-order valence-electron chi connectivity index (χ3n) is 2.72. The van der Waals surface area contributed by atoms with Crippen LogP contribution in [0.2, 0.25) is 0 Å². The van der Waals surface area contributed by atoms with E-state index in [1.807, 2.05) is 30.4 Å². The van der Waals surface area contributed by atoms with Gasteiger partial charge in [-0.05, 0) is 30.1 Å². The maximum Gasteiger partial charge on any atom is 0.170 e. The molecule has 0 saturated carbocycles. The van der Waals surface area contributed by atoms with Crippen LogP contribution in [0.15, 0.2) is 33.5 Å². The van der Waals surface area contributed by atoms with Crippen LogP contribution in [-0.4, -0.2) is 20.9 Å². The number of fused-ring (bicyclic) bond motifs is 1. The van der Waals surface area contributed by atoms with Gasteiger partial charge in [-0.3, -0.25) is 0 Å². The first-order chi connectivity index (χ1) is 8.33. The molecule has 0 aliphatic carbocycles. The topological polar surface area (TPSA) is 25.8 Å². The molecule has 88 valence electrons. The molecule has 2 nitrogen and oxygen atoms in total. The fraction of sp³-hybridized carbons (Fsp3) is 0.333. The van der Waals surface area contributed by atoms with Gasteiger partial charge >= 0.3 is 0 Å². The number of aromatic nitrogens is 2. The largest absolute Gasteiger partial charge is 0.213 e. The highest BCUT2D eigenvalue weighted by Crippen LogP contribution is 2.41. The first-order valence-corrected chi connectivity index (χ1v) is 8.22. The van der Waals surface area contributed by atoms with Gasteiger partial charge in [0.1, 0.15) is 5.82 Å². The van der Waals surface area contributed by atoms with Crippen LogP contribution < -0.4 is 0 Å². The van der Waals surface area contributed by atoms with E-state index in [-0.39, 0.29) is 0 Å². The third-order valence-corrected chi connectivity index (χ3v) is 6.06. The van der Waals surface area contributed by atoms with E-state index in [2.05, 4.69) is 33.6 Å². The van der Waals surface area contributed by atoms with Gasteiger partial charge in [0.05, 0.1) is 0 Å². The Hall–Kier alpha value is -0.520. The molecule has 0 saturated heterocycles. The van der Waals surface area contributed by atoms with Crippen molar-refractivity contribution in [3.8, 4) is 0 Å². The Bertz CT molecular complexity index is 524. The Kier molecular flexibility index (Phi) is 3.40. The standard InChI is InChI=1S/C12H12N2S3/c1-8-13-12(17-14-8)16-7-9-6-15-11-5-3-2-4-10(9)11/h2-5,9H,6-7H2,1H3. The summed E-state index contributed by atoms with van der Waals surface area (Å²) in [5.74, 6) is 3.85. The second kappa shape index (κ2) is 5.00. The van der Waals surface area contributed by atoms with Gasteiger partial charge in [-0.1, -0.05) is 30.0 Å². The molecule has 0 spiro atoms. The zero-order valence-corrected chi connectivity index (χ0v) is 11.9. The van der Waals surface area contributed by atoms with Gasteiger partial charge in [0.15, 0.2) is 4.34 Å². The lowest BCUT2D eigenvalue weighted by Gasteiger charge is -2.08. The van der Waals surface area contributed by atoms with E-state index in [4.69, 9.17) is 0 Å². The molecule has 0 amide bonds. The van der Waals surface area contributed by atoms with Crippen LogP contribution in [0.4, 0.5) is 0 Å². The fourth-order valence-corrected chi connectivity index (χ4v) is 5.07. The van der Waals surface area contributed by atoms with Crippen molar-refractivity contribution in [2.75, 3.05) is 11.5 Å². The molecule has 1 aliphatic rings. The maximum atomic E-state index is 4.39. The minimum absolute atomic E-state index is 0.658. The van der Waals surface area contributed by atoms with E-state index in [0.717, 1.165) is 15.9 Å². The summed E-state index contributed by atoms with van der Waals surface area (Å²) in [6.07, 6.45) is 0. The van der Waals surface area contributed by atoms with Gasteiger partial charge in [0.2, 0.25) is 0 Å². The summed E-state index contributed by atoms with van der Waals surface area (Å²) in [7, 11) is 0. The fourth-order valence-electron chi connectivity index (χ4n) is 1.88. The molecule has 17 heavy (non-hydrogen) atoms. The molecule has 1 aliphatic heterocycles. The molecule has 1 aromatic carbocycles. The third kappa shape index (κ3) is 2.51. The van der Waals surface area contributed by atoms with Crippen molar-refractivity contribution < 1.29 is 0 Å². The average Bonchev–Trinajstić information content (AvgIpc) is 2.93. The highest BCUT2D eigenvalue weighted by molar-refractivity contribution is 8.01. The smallest absolute Gasteiger partial charge is 0.170 e. The Morgan fingerprint density at radius 2 is 2.29 bits per heavy atom. The van der Waals surface area contributed by atoms with E-state index < -0.39 is 0 Å². The molecule has 0 N–H and O–H groups in total. The van der Waals surface area contributed by atoms with Gasteiger partial charge in [0, 0.05) is 22.3 Å². The Balaban J connectivity index is 1.68. The van der Waals surface area contributed by atoms with Crippen molar-refractivity contribution in [1.29, 1.82) is 0 Å². The molecule has 0 bridgehead atoms. The molecule has 0 fully saturated rings. The second-order valence-corrected chi connectivity index (χ2v) is 7.05. The van der Waals surface area contributed by atoms with Gasteiger partial charge in [-0.25, -0.2) is 4.98 Å². The van der Waals surface area contributed by atoms with Crippen molar-refractivity contribution in [2.24, 2.45) is 0 Å². The van der Waals surface area contributed by atoms with Crippen LogP contribution in [-0.2, 0) is 0 Å². The number of aryl methyl sites for hydroxylation is 1. The monoisotopic (exact) mass is 280 g/mol. The second-order valence-electron chi connectivity index (χ2n) is 3.96. The van der Waals surface area contributed by atoms with Crippen LogP contribution in [0.25, 0.3) is 0 Å². The molecule has 5 heteroatoms. The number of benzene rings is 1. The normalized spacial score (nSPS) is 18.3. The molecule has 0 radical (unpaired) electrons. The van der Waals surface area contributed by atoms with Crippen LogP contribution in [0.3, 0.4) is 0 Å². The Morgan fingerprint density at radius 3 is 3.12 bits per heavy atom. The van der Waals surface area contributed by atoms with Gasteiger partial charge in [-0.15, -0.1) is 11.8 Å². The minimum atomic E-state index is 0.658. The summed E-state index contributed by atoms with van der Waals surface area (Å²) in [5.41, 5.74) is 1.51. The molecule has 1 unspecified atom stereocenters. The maximum absolute atomic E-state index is 4.39. The van der Waals surface area contributed by atoms with E-state index in [9.17, 15) is 0 Å². The van der Waals surface area contributed by atoms with Crippen LogP contribution >= 0.6 is 35.1 Å². The van der Waals surface area contributed by atoms with Gasteiger partial charge in [0.25, 0.3) is 0 Å². The molecule has 1 atom stereocenters. The summed E-state index contributed by atoms with van der Waals surface area (Å²) < 4.78 is 5.31. The number of rotatable bonds is 3. The van der Waals surface area contributed by atoms with Crippen molar-refractivity contribution in [3.05, 3.63) is 35.7 Å². The Morgan fingerprint density at radius 1 is 1.41 bits per heavy atom. The molecule has 3 rings (SSSR count). The zero-order chi connectivity index (χ0) is 11.7. The summed E-state index contributed by atoms with van der Waals surface area (Å²) in [6, 6.07) is 8.73. The van der Waals surface area contributed by atoms with E-state index in [1.165, 1.54) is 27.7 Å². The summed E-state index contributed by atoms with van der Waals surface area (Å²) in [6.45, 7) is 1.95. The van der Waals surface area contributed by atoms with E-state index >= 15 is 0 Å². The van der Waals surface area contributed by atoms with Gasteiger partial charge in [-0.2, -0.15) is 4.37 Å². The van der Waals surface area contributed by atoms with Gasteiger partial charge < -0.3 is 0 Å². The highest BCUT2D eigenvalue weighted by Gasteiger charge is 2.22. The molecule has 1 aromatic heterocycles. The molecule has 2 aromatic rings. The molecule has 2 heterocycles. The van der Waals surface area contributed by atoms with Crippen LogP contribution in [0.1, 0.15) is 17.3 Å². The van der Waals surface area contributed by atoms with Crippen molar-refractivity contribution >= 4 is 35.1 Å². The van der Waals surface area contributed by atoms with Crippen molar-refractivity contribution in [2.45, 2.75) is 22.1 Å². The quantitative estimate of drug-likeness (QED) is 0.798. The zero-order valence-electron chi connectivity index (χ0n) is 9.42. The SMILES string of the molecule is Cc1nsc(SCC2CSc3ccccc32)n1. The van der Waals surface area contributed by atoms with Crippen LogP contribution in [0.5, 0.6) is 0 Å². The van der Waals surface area contributed by atoms with Crippen molar-refractivity contribution in [3.63, 3.8) is 0 Å².